The number of hydrogen-bond donors (Lipinski definition) is 3. The molecule has 0 fully saturated rings. The number of nitrogens with two attached hydrogens (primary N) is 1. The van der Waals surface area contributed by atoms with Crippen molar-refractivity contribution in [1.29, 1.82) is 0 Å². The van der Waals surface area contributed by atoms with Gasteiger partial charge in [0.25, 0.3) is 5.91 Å². The molecule has 0 atom stereocenters. The predicted octanol–water partition coefficient (Wildman–Crippen LogP) is 0.977. The molecule has 1 aliphatic rings. The largest absolute Gasteiger partial charge is 0.472 e. The van der Waals surface area contributed by atoms with Gasteiger partial charge < -0.3 is 15.4 Å². The first kappa shape index (κ1) is 16.1. The lowest BCUT2D eigenvalue weighted by Gasteiger charge is -2.30. The smallest absolute Gasteiger partial charge is 0.269 e. The molecular weight excluding hydrogens is 334 g/mol. The van der Waals surface area contributed by atoms with Crippen molar-refractivity contribution in [1.82, 2.24) is 9.97 Å². The molecule has 0 aliphatic carbocycles. The molecule has 10 heteroatoms. The maximum absolute atomic E-state index is 11.9. The van der Waals surface area contributed by atoms with Gasteiger partial charge in [0.15, 0.2) is 17.2 Å². The number of anilines is 3. The molecule has 4 N–H and O–H groups in total. The lowest BCUT2D eigenvalue weighted by Crippen LogP contribution is -2.46. The monoisotopic (exact) mass is 349 g/mol. The number of nitrogens with one attached hydrogen (secondary N) is 2. The third-order valence-corrected chi connectivity index (χ3v) is 4.27. The highest BCUT2D eigenvalue weighted by atomic mass is 32.2. The Morgan fingerprint density at radius 3 is 2.54 bits per heavy atom. The summed E-state index contributed by atoms with van der Waals surface area (Å²) in [5.41, 5.74) is -0.430. The summed E-state index contributed by atoms with van der Waals surface area (Å²) in [5, 5.41) is 10.6. The van der Waals surface area contributed by atoms with Crippen LogP contribution in [0.25, 0.3) is 0 Å². The molecule has 0 unspecified atom stereocenters. The van der Waals surface area contributed by atoms with Crippen molar-refractivity contribution in [2.75, 3.05) is 10.6 Å². The zero-order valence-electron chi connectivity index (χ0n) is 12.9. The van der Waals surface area contributed by atoms with Crippen molar-refractivity contribution < 1.29 is 17.9 Å². The summed E-state index contributed by atoms with van der Waals surface area (Å²) >= 11 is 0. The van der Waals surface area contributed by atoms with Crippen LogP contribution < -0.4 is 20.5 Å². The second-order valence-electron chi connectivity index (χ2n) is 5.67. The zero-order chi connectivity index (χ0) is 17.5. The maximum atomic E-state index is 11.9. The van der Waals surface area contributed by atoms with Gasteiger partial charge in [0.1, 0.15) is 0 Å². The molecule has 1 amide bonds. The first-order valence-corrected chi connectivity index (χ1v) is 8.47. The molecule has 1 aromatic heterocycles. The highest BCUT2D eigenvalue weighted by molar-refractivity contribution is 7.89. The molecule has 126 valence electrons. The van der Waals surface area contributed by atoms with Crippen LogP contribution >= 0.6 is 0 Å². The normalized spacial score (nSPS) is 15.9. The van der Waals surface area contributed by atoms with E-state index in [9.17, 15) is 13.2 Å². The van der Waals surface area contributed by atoms with E-state index in [0.29, 0.717) is 11.4 Å². The van der Waals surface area contributed by atoms with Crippen molar-refractivity contribution in [2.24, 2.45) is 5.14 Å². The molecule has 9 nitrogen and oxygen atoms in total. The van der Waals surface area contributed by atoms with E-state index in [1.807, 2.05) is 0 Å². The standard InChI is InChI=1S/C14H15N5O4S/c1-14(2)12(20)18-11-10(23-14)7-16-13(19-11)17-8-3-5-9(6-4-8)24(15,21)22/h3-7H,1-2H3,(H2,15,21,22)(H2,16,17,18,19,20). The number of primary sulfonamides is 1. The Morgan fingerprint density at radius 1 is 1.25 bits per heavy atom. The number of carbonyl (C=O) groups is 1. The van der Waals surface area contributed by atoms with Gasteiger partial charge in [-0.05, 0) is 38.1 Å². The molecule has 1 aliphatic heterocycles. The molecule has 0 saturated carbocycles. The minimum atomic E-state index is -3.74. The molecular formula is C14H15N5O4S. The topological polar surface area (TPSA) is 136 Å². The van der Waals surface area contributed by atoms with E-state index in [2.05, 4.69) is 20.6 Å². The van der Waals surface area contributed by atoms with Crippen LogP contribution in [0.15, 0.2) is 35.4 Å². The SMILES string of the molecule is CC1(C)Oc2cnc(Nc3ccc(S(N)(=O)=O)cc3)nc2NC1=O. The minimum Gasteiger partial charge on any atom is -0.472 e. The number of rotatable bonds is 3. The number of carbonyl (C=O) groups excluding carboxylic acids is 1. The Morgan fingerprint density at radius 2 is 1.92 bits per heavy atom. The Labute approximate surface area is 138 Å². The molecule has 2 aromatic rings. The summed E-state index contributed by atoms with van der Waals surface area (Å²) in [6, 6.07) is 5.79. The van der Waals surface area contributed by atoms with Gasteiger partial charge in [-0.2, -0.15) is 4.98 Å². The van der Waals surface area contributed by atoms with Gasteiger partial charge in [0.05, 0.1) is 11.1 Å². The van der Waals surface area contributed by atoms with Crippen molar-refractivity contribution in [3.8, 4) is 5.75 Å². The average Bonchev–Trinajstić information content (AvgIpc) is 2.48. The molecule has 0 radical (unpaired) electrons. The quantitative estimate of drug-likeness (QED) is 0.751. The first-order valence-electron chi connectivity index (χ1n) is 6.92. The maximum Gasteiger partial charge on any atom is 0.269 e. The summed E-state index contributed by atoms with van der Waals surface area (Å²) in [6.45, 7) is 3.29. The van der Waals surface area contributed by atoms with Crippen LogP contribution in [-0.4, -0.2) is 29.9 Å². The molecule has 0 saturated heterocycles. The summed E-state index contributed by atoms with van der Waals surface area (Å²) in [7, 11) is -3.74. The van der Waals surface area contributed by atoms with E-state index in [-0.39, 0.29) is 22.6 Å². The molecule has 1 aromatic carbocycles. The van der Waals surface area contributed by atoms with Crippen molar-refractivity contribution in [2.45, 2.75) is 24.3 Å². The van der Waals surface area contributed by atoms with Crippen LogP contribution in [0.4, 0.5) is 17.5 Å². The second kappa shape index (κ2) is 5.42. The highest BCUT2D eigenvalue weighted by Crippen LogP contribution is 2.32. The summed E-state index contributed by atoms with van der Waals surface area (Å²) in [4.78, 5) is 20.2. The highest BCUT2D eigenvalue weighted by Gasteiger charge is 2.36. The number of hydrogen-bond acceptors (Lipinski definition) is 7. The van der Waals surface area contributed by atoms with Crippen LogP contribution in [0.2, 0.25) is 0 Å². The van der Waals surface area contributed by atoms with Gasteiger partial charge in [-0.25, -0.2) is 18.5 Å². The van der Waals surface area contributed by atoms with Crippen LogP contribution in [0.3, 0.4) is 0 Å². The average molecular weight is 349 g/mol. The van der Waals surface area contributed by atoms with Crippen LogP contribution in [0.5, 0.6) is 5.75 Å². The lowest BCUT2D eigenvalue weighted by atomic mass is 10.1. The number of nitrogens with zero attached hydrogens (tertiary/aromatic N) is 2. The van der Waals surface area contributed by atoms with E-state index < -0.39 is 15.6 Å². The Balaban J connectivity index is 1.82. The summed E-state index contributed by atoms with van der Waals surface area (Å²) in [5.74, 6) is 0.547. The van der Waals surface area contributed by atoms with Gasteiger partial charge in [-0.3, -0.25) is 4.79 Å². The fraction of sp³-hybridized carbons (Fsp3) is 0.214. The summed E-state index contributed by atoms with van der Waals surface area (Å²) < 4.78 is 28.0. The van der Waals surface area contributed by atoms with Crippen molar-refractivity contribution >= 4 is 33.4 Å². The molecule has 3 rings (SSSR count). The molecule has 24 heavy (non-hydrogen) atoms. The predicted molar refractivity (Wildman–Crippen MR) is 86.5 cm³/mol. The van der Waals surface area contributed by atoms with Gasteiger partial charge in [0, 0.05) is 5.69 Å². The number of sulfonamides is 1. The molecule has 0 bridgehead atoms. The Hall–Kier alpha value is -2.72. The van der Waals surface area contributed by atoms with Gasteiger partial charge in [-0.15, -0.1) is 0 Å². The summed E-state index contributed by atoms with van der Waals surface area (Å²) in [6.07, 6.45) is 1.45. The van der Waals surface area contributed by atoms with E-state index in [1.165, 1.54) is 30.5 Å². The Kier molecular flexibility index (Phi) is 3.65. The molecule has 0 spiro atoms. The number of fused-ring (bicyclic) bond motifs is 1. The molecule has 2 heterocycles. The van der Waals surface area contributed by atoms with Crippen LogP contribution in [0, 0.1) is 0 Å². The van der Waals surface area contributed by atoms with Gasteiger partial charge in [0.2, 0.25) is 16.0 Å². The fourth-order valence-electron chi connectivity index (χ4n) is 2.03. The third kappa shape index (κ3) is 3.14. The Bertz CT molecular complexity index is 909. The second-order valence-corrected chi connectivity index (χ2v) is 7.23. The van der Waals surface area contributed by atoms with Crippen molar-refractivity contribution in [3.63, 3.8) is 0 Å². The van der Waals surface area contributed by atoms with Gasteiger partial charge >= 0.3 is 0 Å². The number of aromatic nitrogens is 2. The number of benzene rings is 1. The lowest BCUT2D eigenvalue weighted by molar-refractivity contribution is -0.129. The first-order chi connectivity index (χ1) is 11.1. The van der Waals surface area contributed by atoms with Crippen molar-refractivity contribution in [3.05, 3.63) is 30.5 Å². The number of ether oxygens (including phenoxy) is 1. The minimum absolute atomic E-state index is 0.00213. The van der Waals surface area contributed by atoms with Gasteiger partial charge in [-0.1, -0.05) is 0 Å². The van der Waals surface area contributed by atoms with E-state index in [4.69, 9.17) is 9.88 Å². The third-order valence-electron chi connectivity index (χ3n) is 3.34. The van der Waals surface area contributed by atoms with Crippen LogP contribution in [0.1, 0.15) is 13.8 Å². The van der Waals surface area contributed by atoms with E-state index >= 15 is 0 Å². The van der Waals surface area contributed by atoms with E-state index in [0.717, 1.165) is 0 Å². The zero-order valence-corrected chi connectivity index (χ0v) is 13.7. The van der Waals surface area contributed by atoms with E-state index in [1.54, 1.807) is 13.8 Å². The number of amides is 1. The van der Waals surface area contributed by atoms with Crippen LogP contribution in [-0.2, 0) is 14.8 Å². The fourth-order valence-corrected chi connectivity index (χ4v) is 2.55.